The Bertz CT molecular complexity index is 579. The molecular weight excluding hydrogens is 240 g/mol. The van der Waals surface area contributed by atoms with Crippen LogP contribution in [0.2, 0.25) is 0 Å². The van der Waals surface area contributed by atoms with E-state index in [2.05, 4.69) is 41.2 Å². The molecule has 1 aromatic carbocycles. The van der Waals surface area contributed by atoms with Gasteiger partial charge in [0.15, 0.2) is 0 Å². The standard InChI is InChI=1S/C15H18N2O2/c1-15(11-19-10-9-18)14-7-4-8-17(14)13-6-3-2-5-12(13)16-15/h2-8,16,18H,9-11H2,1H3. The normalized spacial score (nSPS) is 20.5. The average Bonchev–Trinajstić information content (AvgIpc) is 2.90. The number of aromatic nitrogens is 1. The van der Waals surface area contributed by atoms with Crippen molar-refractivity contribution in [2.45, 2.75) is 12.5 Å². The van der Waals surface area contributed by atoms with E-state index in [4.69, 9.17) is 9.84 Å². The average molecular weight is 258 g/mol. The lowest BCUT2D eigenvalue weighted by molar-refractivity contribution is 0.0645. The lowest BCUT2D eigenvalue weighted by Crippen LogP contribution is -2.42. The number of aliphatic hydroxyl groups is 1. The molecule has 19 heavy (non-hydrogen) atoms. The maximum absolute atomic E-state index is 8.84. The molecule has 0 radical (unpaired) electrons. The van der Waals surface area contributed by atoms with Crippen LogP contribution in [0.25, 0.3) is 5.69 Å². The zero-order chi connectivity index (χ0) is 13.3. The second kappa shape index (κ2) is 4.72. The highest BCUT2D eigenvalue weighted by Gasteiger charge is 2.34. The highest BCUT2D eigenvalue weighted by Crippen LogP contribution is 2.37. The van der Waals surface area contributed by atoms with Gasteiger partial charge in [-0.2, -0.15) is 0 Å². The van der Waals surface area contributed by atoms with Crippen molar-refractivity contribution in [3.05, 3.63) is 48.3 Å². The summed E-state index contributed by atoms with van der Waals surface area (Å²) >= 11 is 0. The number of nitrogens with zero attached hydrogens (tertiary/aromatic N) is 1. The highest BCUT2D eigenvalue weighted by molar-refractivity contribution is 5.66. The fourth-order valence-corrected chi connectivity index (χ4v) is 2.64. The molecule has 0 amide bonds. The predicted molar refractivity (Wildman–Crippen MR) is 74.6 cm³/mol. The van der Waals surface area contributed by atoms with Crippen molar-refractivity contribution in [3.63, 3.8) is 0 Å². The number of anilines is 1. The SMILES string of the molecule is CC1(COCCO)Nc2ccccc2-n2cccc21. The van der Waals surface area contributed by atoms with Crippen LogP contribution >= 0.6 is 0 Å². The number of benzene rings is 1. The van der Waals surface area contributed by atoms with Crippen molar-refractivity contribution in [1.29, 1.82) is 0 Å². The van der Waals surface area contributed by atoms with Crippen LogP contribution < -0.4 is 5.32 Å². The first-order valence-corrected chi connectivity index (χ1v) is 6.49. The third-order valence-electron chi connectivity index (χ3n) is 3.51. The van der Waals surface area contributed by atoms with E-state index in [1.165, 1.54) is 5.69 Å². The second-order valence-electron chi connectivity index (χ2n) is 5.01. The molecule has 1 atom stereocenters. The Morgan fingerprint density at radius 3 is 2.95 bits per heavy atom. The number of para-hydroxylation sites is 2. The highest BCUT2D eigenvalue weighted by atomic mass is 16.5. The molecule has 0 fully saturated rings. The lowest BCUT2D eigenvalue weighted by atomic mass is 9.95. The Hall–Kier alpha value is -1.78. The number of rotatable bonds is 4. The minimum Gasteiger partial charge on any atom is -0.394 e. The molecule has 1 aliphatic heterocycles. The van der Waals surface area contributed by atoms with E-state index in [0.717, 1.165) is 11.4 Å². The summed E-state index contributed by atoms with van der Waals surface area (Å²) in [5, 5.41) is 12.4. The van der Waals surface area contributed by atoms with Crippen molar-refractivity contribution in [1.82, 2.24) is 4.57 Å². The van der Waals surface area contributed by atoms with E-state index in [9.17, 15) is 0 Å². The Labute approximate surface area is 112 Å². The molecule has 0 saturated heterocycles. The third-order valence-corrected chi connectivity index (χ3v) is 3.51. The summed E-state index contributed by atoms with van der Waals surface area (Å²) in [6, 6.07) is 12.4. The van der Waals surface area contributed by atoms with Gasteiger partial charge in [0.2, 0.25) is 0 Å². The van der Waals surface area contributed by atoms with Gasteiger partial charge in [-0.3, -0.25) is 0 Å². The van der Waals surface area contributed by atoms with Gasteiger partial charge in [-0.05, 0) is 31.2 Å². The van der Waals surface area contributed by atoms with Crippen LogP contribution in [0.15, 0.2) is 42.6 Å². The molecule has 3 rings (SSSR count). The van der Waals surface area contributed by atoms with Crippen molar-refractivity contribution < 1.29 is 9.84 Å². The Morgan fingerprint density at radius 1 is 1.26 bits per heavy atom. The molecule has 4 nitrogen and oxygen atoms in total. The van der Waals surface area contributed by atoms with Crippen LogP contribution in [0.1, 0.15) is 12.6 Å². The van der Waals surface area contributed by atoms with E-state index >= 15 is 0 Å². The fraction of sp³-hybridized carbons (Fsp3) is 0.333. The van der Waals surface area contributed by atoms with Gasteiger partial charge in [-0.1, -0.05) is 12.1 Å². The Kier molecular flexibility index (Phi) is 3.05. The maximum Gasteiger partial charge on any atom is 0.0987 e. The molecular formula is C15H18N2O2. The zero-order valence-electron chi connectivity index (χ0n) is 11.0. The molecule has 1 aliphatic rings. The number of aliphatic hydroxyl groups excluding tert-OH is 1. The van der Waals surface area contributed by atoms with Crippen LogP contribution in [-0.2, 0) is 10.3 Å². The number of fused-ring (bicyclic) bond motifs is 3. The van der Waals surface area contributed by atoms with Crippen LogP contribution in [0.3, 0.4) is 0 Å². The van der Waals surface area contributed by atoms with E-state index in [1.807, 2.05) is 18.2 Å². The molecule has 0 spiro atoms. The minimum absolute atomic E-state index is 0.0493. The van der Waals surface area contributed by atoms with E-state index in [-0.39, 0.29) is 12.1 Å². The first kappa shape index (κ1) is 12.3. The van der Waals surface area contributed by atoms with Crippen molar-refractivity contribution in [2.24, 2.45) is 0 Å². The topological polar surface area (TPSA) is 46.4 Å². The number of nitrogens with one attached hydrogen (secondary N) is 1. The van der Waals surface area contributed by atoms with Crippen LogP contribution in [0, 0.1) is 0 Å². The van der Waals surface area contributed by atoms with Gasteiger partial charge < -0.3 is 19.7 Å². The molecule has 1 unspecified atom stereocenters. The molecule has 1 aromatic heterocycles. The summed E-state index contributed by atoms with van der Waals surface area (Å²) in [4.78, 5) is 0. The Morgan fingerprint density at radius 2 is 2.11 bits per heavy atom. The van der Waals surface area contributed by atoms with Gasteiger partial charge in [-0.25, -0.2) is 0 Å². The fourth-order valence-electron chi connectivity index (χ4n) is 2.64. The molecule has 100 valence electrons. The number of ether oxygens (including phenoxy) is 1. The first-order valence-electron chi connectivity index (χ1n) is 6.49. The Balaban J connectivity index is 1.98. The summed E-state index contributed by atoms with van der Waals surface area (Å²) in [5.74, 6) is 0. The van der Waals surface area contributed by atoms with Crippen LogP contribution in [0.5, 0.6) is 0 Å². The van der Waals surface area contributed by atoms with Gasteiger partial charge in [-0.15, -0.1) is 0 Å². The van der Waals surface area contributed by atoms with E-state index < -0.39 is 0 Å². The number of hydrogen-bond acceptors (Lipinski definition) is 3. The van der Waals surface area contributed by atoms with E-state index in [0.29, 0.717) is 13.2 Å². The summed E-state index contributed by atoms with van der Waals surface area (Å²) in [6.07, 6.45) is 2.07. The first-order chi connectivity index (χ1) is 9.24. The molecule has 0 aliphatic carbocycles. The molecule has 2 heterocycles. The molecule has 4 heteroatoms. The monoisotopic (exact) mass is 258 g/mol. The minimum atomic E-state index is -0.285. The maximum atomic E-state index is 8.84. The largest absolute Gasteiger partial charge is 0.394 e. The van der Waals surface area contributed by atoms with Crippen molar-refractivity contribution in [2.75, 3.05) is 25.1 Å². The quantitative estimate of drug-likeness (QED) is 0.826. The van der Waals surface area contributed by atoms with E-state index in [1.54, 1.807) is 0 Å². The summed E-state index contributed by atoms with van der Waals surface area (Å²) in [5.41, 5.74) is 3.14. The van der Waals surface area contributed by atoms with Gasteiger partial charge in [0, 0.05) is 6.20 Å². The van der Waals surface area contributed by atoms with Crippen molar-refractivity contribution >= 4 is 5.69 Å². The molecule has 0 bridgehead atoms. The van der Waals surface area contributed by atoms with Gasteiger partial charge in [0.25, 0.3) is 0 Å². The summed E-state index contributed by atoms with van der Waals surface area (Å²) in [6.45, 7) is 3.05. The van der Waals surface area contributed by atoms with Crippen molar-refractivity contribution in [3.8, 4) is 5.69 Å². The van der Waals surface area contributed by atoms with Crippen LogP contribution in [-0.4, -0.2) is 29.5 Å². The van der Waals surface area contributed by atoms with Crippen LogP contribution in [0.4, 0.5) is 5.69 Å². The molecule has 2 aromatic rings. The third kappa shape index (κ3) is 2.03. The van der Waals surface area contributed by atoms with Gasteiger partial charge >= 0.3 is 0 Å². The number of hydrogen-bond donors (Lipinski definition) is 2. The summed E-state index contributed by atoms with van der Waals surface area (Å²) < 4.78 is 7.73. The molecule has 2 N–H and O–H groups in total. The lowest BCUT2D eigenvalue weighted by Gasteiger charge is -2.38. The summed E-state index contributed by atoms with van der Waals surface area (Å²) in [7, 11) is 0. The second-order valence-corrected chi connectivity index (χ2v) is 5.01. The van der Waals surface area contributed by atoms with Gasteiger partial charge in [0.05, 0.1) is 42.4 Å². The smallest absolute Gasteiger partial charge is 0.0987 e. The zero-order valence-corrected chi connectivity index (χ0v) is 11.0. The predicted octanol–water partition coefficient (Wildman–Crippen LogP) is 2.13. The van der Waals surface area contributed by atoms with Gasteiger partial charge in [0.1, 0.15) is 0 Å². The molecule has 0 saturated carbocycles.